The maximum atomic E-state index is 13.3. The van der Waals surface area contributed by atoms with E-state index >= 15 is 0 Å². The molecule has 2 amide bonds. The highest BCUT2D eigenvalue weighted by Gasteiger charge is 2.28. The van der Waals surface area contributed by atoms with Gasteiger partial charge in [0.15, 0.2) is 11.5 Å². The fourth-order valence-electron chi connectivity index (χ4n) is 3.70. The van der Waals surface area contributed by atoms with Crippen LogP contribution in [0.15, 0.2) is 42.5 Å². The van der Waals surface area contributed by atoms with Crippen LogP contribution in [-0.2, 0) is 22.6 Å². The van der Waals surface area contributed by atoms with E-state index < -0.39 is 6.04 Å². The number of nitrogens with one attached hydrogen (secondary N) is 1. The molecule has 172 valence electrons. The third-order valence-electron chi connectivity index (χ3n) is 5.51. The molecule has 32 heavy (non-hydrogen) atoms. The molecule has 1 atom stereocenters. The van der Waals surface area contributed by atoms with Crippen LogP contribution in [-0.4, -0.2) is 43.2 Å². The van der Waals surface area contributed by atoms with E-state index in [2.05, 4.69) is 5.32 Å². The Labute approximate surface area is 189 Å². The van der Waals surface area contributed by atoms with Crippen molar-refractivity contribution in [1.82, 2.24) is 10.2 Å². The minimum atomic E-state index is -0.520. The number of carbonyl (C=O) groups is 2. The van der Waals surface area contributed by atoms with Gasteiger partial charge in [0, 0.05) is 19.5 Å². The van der Waals surface area contributed by atoms with Crippen molar-refractivity contribution in [3.63, 3.8) is 0 Å². The molecule has 2 aromatic carbocycles. The molecule has 0 spiro atoms. The SMILES string of the molecule is CCCNC(=O)[C@H](CC)N(Cc1ccc(OC)cc1)C(=O)CCc1ccc2c(c1)OCO2. The highest BCUT2D eigenvalue weighted by Crippen LogP contribution is 2.32. The zero-order chi connectivity index (χ0) is 22.9. The summed E-state index contributed by atoms with van der Waals surface area (Å²) in [5.41, 5.74) is 1.94. The average Bonchev–Trinajstić information content (AvgIpc) is 3.29. The molecule has 3 rings (SSSR count). The first kappa shape index (κ1) is 23.4. The van der Waals surface area contributed by atoms with E-state index in [1.807, 2.05) is 56.3 Å². The van der Waals surface area contributed by atoms with E-state index in [4.69, 9.17) is 14.2 Å². The zero-order valence-electron chi connectivity index (χ0n) is 19.1. The number of benzene rings is 2. The van der Waals surface area contributed by atoms with Crippen LogP contribution in [0.4, 0.5) is 0 Å². The van der Waals surface area contributed by atoms with Gasteiger partial charge in [0.05, 0.1) is 7.11 Å². The highest BCUT2D eigenvalue weighted by atomic mass is 16.7. The maximum Gasteiger partial charge on any atom is 0.242 e. The van der Waals surface area contributed by atoms with Gasteiger partial charge in [0.1, 0.15) is 11.8 Å². The minimum absolute atomic E-state index is 0.0583. The molecular formula is C25H32N2O5. The van der Waals surface area contributed by atoms with Crippen LogP contribution in [0, 0.1) is 0 Å². The van der Waals surface area contributed by atoms with Crippen LogP contribution in [0.3, 0.4) is 0 Å². The molecule has 7 nitrogen and oxygen atoms in total. The van der Waals surface area contributed by atoms with Crippen molar-refractivity contribution in [3.8, 4) is 17.2 Å². The Bertz CT molecular complexity index is 913. The van der Waals surface area contributed by atoms with Crippen LogP contribution in [0.5, 0.6) is 17.2 Å². The summed E-state index contributed by atoms with van der Waals surface area (Å²) in [4.78, 5) is 27.8. The lowest BCUT2D eigenvalue weighted by Gasteiger charge is -2.31. The number of rotatable bonds is 11. The average molecular weight is 441 g/mol. The first-order chi connectivity index (χ1) is 15.5. The van der Waals surface area contributed by atoms with Crippen molar-refractivity contribution in [2.45, 2.75) is 52.1 Å². The highest BCUT2D eigenvalue weighted by molar-refractivity contribution is 5.87. The van der Waals surface area contributed by atoms with E-state index in [9.17, 15) is 9.59 Å². The van der Waals surface area contributed by atoms with Crippen molar-refractivity contribution < 1.29 is 23.8 Å². The number of methoxy groups -OCH3 is 1. The van der Waals surface area contributed by atoms with Gasteiger partial charge >= 0.3 is 0 Å². The summed E-state index contributed by atoms with van der Waals surface area (Å²) in [6.45, 7) is 5.12. The van der Waals surface area contributed by atoms with Gasteiger partial charge in [-0.2, -0.15) is 0 Å². The summed E-state index contributed by atoms with van der Waals surface area (Å²) in [6, 6.07) is 12.8. The number of nitrogens with zero attached hydrogens (tertiary/aromatic N) is 1. The molecule has 0 aliphatic carbocycles. The summed E-state index contributed by atoms with van der Waals surface area (Å²) in [5.74, 6) is 2.01. The van der Waals surface area contributed by atoms with Gasteiger partial charge in [-0.25, -0.2) is 0 Å². The summed E-state index contributed by atoms with van der Waals surface area (Å²) < 4.78 is 16.0. The lowest BCUT2D eigenvalue weighted by atomic mass is 10.1. The number of amides is 2. The van der Waals surface area contributed by atoms with Crippen molar-refractivity contribution >= 4 is 11.8 Å². The van der Waals surface area contributed by atoms with Crippen LogP contribution in [0.25, 0.3) is 0 Å². The van der Waals surface area contributed by atoms with E-state index in [-0.39, 0.29) is 18.6 Å². The molecule has 0 saturated carbocycles. The number of hydrogen-bond donors (Lipinski definition) is 1. The molecular weight excluding hydrogens is 408 g/mol. The molecule has 0 bridgehead atoms. The van der Waals surface area contributed by atoms with Gasteiger partial charge in [-0.1, -0.05) is 32.0 Å². The topological polar surface area (TPSA) is 77.1 Å². The number of hydrogen-bond acceptors (Lipinski definition) is 5. The zero-order valence-corrected chi connectivity index (χ0v) is 19.1. The number of carbonyl (C=O) groups excluding carboxylic acids is 2. The van der Waals surface area contributed by atoms with Crippen molar-refractivity contribution in [2.75, 3.05) is 20.4 Å². The third kappa shape index (κ3) is 5.93. The smallest absolute Gasteiger partial charge is 0.242 e. The number of fused-ring (bicyclic) bond motifs is 1. The van der Waals surface area contributed by atoms with E-state index in [1.165, 1.54) is 0 Å². The van der Waals surface area contributed by atoms with E-state index in [0.29, 0.717) is 38.1 Å². The second-order valence-corrected chi connectivity index (χ2v) is 7.77. The Balaban J connectivity index is 1.74. The summed E-state index contributed by atoms with van der Waals surface area (Å²) in [6.07, 6.45) is 2.25. The Kier molecular flexibility index (Phi) is 8.36. The maximum absolute atomic E-state index is 13.3. The standard InChI is InChI=1S/C25H32N2O5/c1-4-14-26-25(29)21(5-2)27(16-19-6-10-20(30-3)11-7-19)24(28)13-9-18-8-12-22-23(15-18)32-17-31-22/h6-8,10-12,15,21H,4-5,9,13-14,16-17H2,1-3H3,(H,26,29)/t21-/m0/s1. The molecule has 1 aliphatic rings. The Morgan fingerprint density at radius 2 is 1.78 bits per heavy atom. The van der Waals surface area contributed by atoms with Gasteiger partial charge < -0.3 is 24.4 Å². The summed E-state index contributed by atoms with van der Waals surface area (Å²) in [7, 11) is 1.62. The fourth-order valence-corrected chi connectivity index (χ4v) is 3.70. The molecule has 1 N–H and O–H groups in total. The lowest BCUT2D eigenvalue weighted by Crippen LogP contribution is -2.49. The monoisotopic (exact) mass is 440 g/mol. The van der Waals surface area contributed by atoms with Gasteiger partial charge in [0.25, 0.3) is 0 Å². The molecule has 1 aliphatic heterocycles. The predicted octanol–water partition coefficient (Wildman–Crippen LogP) is 3.69. The van der Waals surface area contributed by atoms with Crippen molar-refractivity contribution in [1.29, 1.82) is 0 Å². The number of ether oxygens (including phenoxy) is 3. The molecule has 1 heterocycles. The van der Waals surface area contributed by atoms with E-state index in [0.717, 1.165) is 29.0 Å². The second-order valence-electron chi connectivity index (χ2n) is 7.77. The van der Waals surface area contributed by atoms with Gasteiger partial charge in [0.2, 0.25) is 18.6 Å². The lowest BCUT2D eigenvalue weighted by molar-refractivity contribution is -0.141. The quantitative estimate of drug-likeness (QED) is 0.577. The molecule has 0 radical (unpaired) electrons. The molecule has 2 aromatic rings. The Morgan fingerprint density at radius 1 is 1.06 bits per heavy atom. The Hall–Kier alpha value is -3.22. The van der Waals surface area contributed by atoms with Crippen LogP contribution in [0.2, 0.25) is 0 Å². The van der Waals surface area contributed by atoms with Crippen LogP contribution in [0.1, 0.15) is 44.2 Å². The molecule has 7 heteroatoms. The largest absolute Gasteiger partial charge is 0.497 e. The molecule has 0 fully saturated rings. The van der Waals surface area contributed by atoms with Crippen LogP contribution < -0.4 is 19.5 Å². The Morgan fingerprint density at radius 3 is 2.47 bits per heavy atom. The van der Waals surface area contributed by atoms with Crippen molar-refractivity contribution in [3.05, 3.63) is 53.6 Å². The summed E-state index contributed by atoms with van der Waals surface area (Å²) in [5, 5.41) is 2.94. The van der Waals surface area contributed by atoms with E-state index in [1.54, 1.807) is 12.0 Å². The predicted molar refractivity (Wildman–Crippen MR) is 122 cm³/mol. The molecule has 0 saturated heterocycles. The first-order valence-corrected chi connectivity index (χ1v) is 11.1. The molecule has 0 unspecified atom stereocenters. The minimum Gasteiger partial charge on any atom is -0.497 e. The van der Waals surface area contributed by atoms with Gasteiger partial charge in [-0.15, -0.1) is 0 Å². The number of aryl methyl sites for hydroxylation is 1. The third-order valence-corrected chi connectivity index (χ3v) is 5.51. The second kappa shape index (κ2) is 11.4. The first-order valence-electron chi connectivity index (χ1n) is 11.1. The van der Waals surface area contributed by atoms with Crippen LogP contribution >= 0.6 is 0 Å². The molecule has 0 aromatic heterocycles. The van der Waals surface area contributed by atoms with Crippen molar-refractivity contribution in [2.24, 2.45) is 0 Å². The summed E-state index contributed by atoms with van der Waals surface area (Å²) >= 11 is 0. The van der Waals surface area contributed by atoms with Gasteiger partial charge in [-0.05, 0) is 54.7 Å². The van der Waals surface area contributed by atoms with Gasteiger partial charge in [-0.3, -0.25) is 9.59 Å². The normalized spacial score (nSPS) is 12.8. The fraction of sp³-hybridized carbons (Fsp3) is 0.440.